The minimum Gasteiger partial charge on any atom is -0.361 e. The van der Waals surface area contributed by atoms with Gasteiger partial charge in [-0.15, -0.1) is 0 Å². The van der Waals surface area contributed by atoms with Crippen LogP contribution in [0.1, 0.15) is 79.0 Å². The van der Waals surface area contributed by atoms with Crippen molar-refractivity contribution in [3.63, 3.8) is 0 Å². The summed E-state index contributed by atoms with van der Waals surface area (Å²) in [5, 5.41) is 6.98. The zero-order chi connectivity index (χ0) is 17.0. The van der Waals surface area contributed by atoms with Gasteiger partial charge in [-0.2, -0.15) is 0 Å². The van der Waals surface area contributed by atoms with Gasteiger partial charge in [0.05, 0.1) is 11.7 Å². The van der Waals surface area contributed by atoms with Gasteiger partial charge in [0.1, 0.15) is 11.3 Å². The van der Waals surface area contributed by atoms with Crippen molar-refractivity contribution >= 4 is 5.91 Å². The van der Waals surface area contributed by atoms with Crippen molar-refractivity contribution in [2.45, 2.75) is 59.4 Å². The second kappa shape index (κ2) is 7.44. The van der Waals surface area contributed by atoms with E-state index in [0.717, 1.165) is 12.0 Å². The van der Waals surface area contributed by atoms with E-state index in [2.05, 4.69) is 48.6 Å². The topological polar surface area (TPSA) is 55.1 Å². The maximum Gasteiger partial charge on any atom is 0.257 e. The molecule has 0 aliphatic rings. The Morgan fingerprint density at radius 2 is 1.78 bits per heavy atom. The lowest BCUT2D eigenvalue weighted by atomic mass is 9.96. The molecule has 0 unspecified atom stereocenters. The van der Waals surface area contributed by atoms with Crippen LogP contribution in [0.25, 0.3) is 0 Å². The molecule has 1 aromatic carbocycles. The monoisotopic (exact) mass is 314 g/mol. The van der Waals surface area contributed by atoms with Gasteiger partial charge in [0, 0.05) is 0 Å². The van der Waals surface area contributed by atoms with E-state index in [1.807, 2.05) is 13.8 Å². The summed E-state index contributed by atoms with van der Waals surface area (Å²) in [5.74, 6) is 0.999. The van der Waals surface area contributed by atoms with E-state index in [-0.39, 0.29) is 11.9 Å². The lowest BCUT2D eigenvalue weighted by Gasteiger charge is -2.16. The SMILES string of the molecule is CCc1noc(C)c1C(=O)N[C@@H](C)c1ccc([C@@H](C)CC)cc1. The molecular weight excluding hydrogens is 288 g/mol. The Kier molecular flexibility index (Phi) is 5.59. The maximum atomic E-state index is 12.5. The highest BCUT2D eigenvalue weighted by Gasteiger charge is 2.21. The fraction of sp³-hybridized carbons (Fsp3) is 0.474. The predicted molar refractivity (Wildman–Crippen MR) is 91.6 cm³/mol. The summed E-state index contributed by atoms with van der Waals surface area (Å²) in [6, 6.07) is 8.41. The molecule has 23 heavy (non-hydrogen) atoms. The number of aromatic nitrogens is 1. The molecule has 1 heterocycles. The van der Waals surface area contributed by atoms with Crippen LogP contribution >= 0.6 is 0 Å². The molecule has 0 radical (unpaired) electrons. The quantitative estimate of drug-likeness (QED) is 0.851. The zero-order valence-corrected chi connectivity index (χ0v) is 14.6. The number of nitrogens with one attached hydrogen (secondary N) is 1. The van der Waals surface area contributed by atoms with Crippen molar-refractivity contribution in [2.24, 2.45) is 0 Å². The van der Waals surface area contributed by atoms with Crippen LogP contribution in [0.15, 0.2) is 28.8 Å². The maximum absolute atomic E-state index is 12.5. The fourth-order valence-electron chi connectivity index (χ4n) is 2.65. The smallest absolute Gasteiger partial charge is 0.257 e. The first-order valence-electron chi connectivity index (χ1n) is 8.33. The summed E-state index contributed by atoms with van der Waals surface area (Å²) in [4.78, 5) is 12.5. The zero-order valence-electron chi connectivity index (χ0n) is 14.6. The largest absolute Gasteiger partial charge is 0.361 e. The summed E-state index contributed by atoms with van der Waals surface area (Å²) in [6.45, 7) is 10.1. The molecule has 2 aromatic rings. The van der Waals surface area contributed by atoms with Gasteiger partial charge in [0.2, 0.25) is 0 Å². The molecule has 0 aliphatic heterocycles. The Bertz CT molecular complexity index is 659. The summed E-state index contributed by atoms with van der Waals surface area (Å²) < 4.78 is 5.14. The minimum absolute atomic E-state index is 0.0625. The van der Waals surface area contributed by atoms with E-state index >= 15 is 0 Å². The Balaban J connectivity index is 2.10. The first kappa shape index (κ1) is 17.3. The van der Waals surface area contributed by atoms with Crippen molar-refractivity contribution in [1.82, 2.24) is 10.5 Å². The average Bonchev–Trinajstić information content (AvgIpc) is 2.95. The molecule has 4 heteroatoms. The van der Waals surface area contributed by atoms with Crippen LogP contribution in [0.2, 0.25) is 0 Å². The van der Waals surface area contributed by atoms with Crippen LogP contribution in [0.5, 0.6) is 0 Å². The molecule has 0 saturated carbocycles. The Labute approximate surface area is 138 Å². The number of carbonyl (C=O) groups excluding carboxylic acids is 1. The van der Waals surface area contributed by atoms with Gasteiger partial charge in [-0.25, -0.2) is 0 Å². The molecule has 2 atom stereocenters. The Morgan fingerprint density at radius 1 is 1.17 bits per heavy atom. The summed E-state index contributed by atoms with van der Waals surface area (Å²) in [5.41, 5.74) is 3.70. The number of rotatable bonds is 6. The third-order valence-corrected chi connectivity index (χ3v) is 4.46. The van der Waals surface area contributed by atoms with Crippen LogP contribution in [-0.2, 0) is 6.42 Å². The molecule has 1 aromatic heterocycles. The van der Waals surface area contributed by atoms with Gasteiger partial charge in [-0.05, 0) is 43.7 Å². The highest BCUT2D eigenvalue weighted by molar-refractivity contribution is 5.96. The van der Waals surface area contributed by atoms with E-state index in [4.69, 9.17) is 4.52 Å². The third-order valence-electron chi connectivity index (χ3n) is 4.46. The minimum atomic E-state index is -0.126. The van der Waals surface area contributed by atoms with E-state index in [1.165, 1.54) is 5.56 Å². The average molecular weight is 314 g/mol. The molecule has 0 spiro atoms. The second-order valence-corrected chi connectivity index (χ2v) is 6.09. The van der Waals surface area contributed by atoms with Gasteiger partial charge in [0.15, 0.2) is 0 Å². The van der Waals surface area contributed by atoms with Crippen molar-refractivity contribution in [3.05, 3.63) is 52.4 Å². The van der Waals surface area contributed by atoms with Crippen LogP contribution < -0.4 is 5.32 Å². The number of carbonyl (C=O) groups is 1. The van der Waals surface area contributed by atoms with Crippen molar-refractivity contribution < 1.29 is 9.32 Å². The molecule has 4 nitrogen and oxygen atoms in total. The van der Waals surface area contributed by atoms with Crippen LogP contribution in [-0.4, -0.2) is 11.1 Å². The number of benzene rings is 1. The number of nitrogens with zero attached hydrogens (tertiary/aromatic N) is 1. The van der Waals surface area contributed by atoms with E-state index in [1.54, 1.807) is 6.92 Å². The Hall–Kier alpha value is -2.10. The standard InChI is InChI=1S/C19H26N2O2/c1-6-12(3)15-8-10-16(11-9-15)13(4)20-19(22)18-14(5)23-21-17(18)7-2/h8-13H,6-7H2,1-5H3,(H,20,22)/t12-,13-/m0/s1. The molecule has 0 bridgehead atoms. The van der Waals surface area contributed by atoms with Gasteiger partial charge in [0.25, 0.3) is 5.91 Å². The van der Waals surface area contributed by atoms with Gasteiger partial charge >= 0.3 is 0 Å². The molecule has 124 valence electrons. The molecule has 1 amide bonds. The van der Waals surface area contributed by atoms with Crippen LogP contribution in [0.4, 0.5) is 0 Å². The summed E-state index contributed by atoms with van der Waals surface area (Å²) >= 11 is 0. The Morgan fingerprint density at radius 3 is 2.35 bits per heavy atom. The molecule has 0 saturated heterocycles. The first-order chi connectivity index (χ1) is 11.0. The van der Waals surface area contributed by atoms with Gasteiger partial charge in [-0.1, -0.05) is 50.2 Å². The van der Waals surface area contributed by atoms with E-state index in [9.17, 15) is 4.79 Å². The number of amides is 1. The lowest BCUT2D eigenvalue weighted by molar-refractivity contribution is 0.0937. The van der Waals surface area contributed by atoms with Gasteiger partial charge < -0.3 is 9.84 Å². The molecule has 0 aliphatic carbocycles. The van der Waals surface area contributed by atoms with Gasteiger partial charge in [-0.3, -0.25) is 4.79 Å². The number of hydrogen-bond donors (Lipinski definition) is 1. The highest BCUT2D eigenvalue weighted by atomic mass is 16.5. The molecule has 0 fully saturated rings. The summed E-state index contributed by atoms with van der Waals surface area (Å²) in [7, 11) is 0. The third kappa shape index (κ3) is 3.81. The number of aryl methyl sites for hydroxylation is 2. The molecular formula is C19H26N2O2. The normalized spacial score (nSPS) is 13.6. The first-order valence-corrected chi connectivity index (χ1v) is 8.33. The van der Waals surface area contributed by atoms with Crippen molar-refractivity contribution in [2.75, 3.05) is 0 Å². The highest BCUT2D eigenvalue weighted by Crippen LogP contribution is 2.22. The molecule has 1 N–H and O–H groups in total. The van der Waals surface area contributed by atoms with E-state index < -0.39 is 0 Å². The number of hydrogen-bond acceptors (Lipinski definition) is 3. The predicted octanol–water partition coefficient (Wildman–Crippen LogP) is 4.55. The lowest BCUT2D eigenvalue weighted by Crippen LogP contribution is -2.27. The van der Waals surface area contributed by atoms with Crippen LogP contribution in [0.3, 0.4) is 0 Å². The van der Waals surface area contributed by atoms with E-state index in [0.29, 0.717) is 29.4 Å². The summed E-state index contributed by atoms with van der Waals surface area (Å²) in [6.07, 6.45) is 1.80. The van der Waals surface area contributed by atoms with Crippen LogP contribution in [0, 0.1) is 6.92 Å². The van der Waals surface area contributed by atoms with Crippen molar-refractivity contribution in [3.8, 4) is 0 Å². The molecule has 2 rings (SSSR count). The second-order valence-electron chi connectivity index (χ2n) is 6.09. The van der Waals surface area contributed by atoms with Crippen molar-refractivity contribution in [1.29, 1.82) is 0 Å². The fourth-order valence-corrected chi connectivity index (χ4v) is 2.65.